The van der Waals surface area contributed by atoms with Crippen LogP contribution in [0.15, 0.2) is 36.7 Å². The van der Waals surface area contributed by atoms with E-state index < -0.39 is 0 Å². The minimum Gasteiger partial charge on any atom is -0.319 e. The zero-order valence-corrected chi connectivity index (χ0v) is 10.3. The van der Waals surface area contributed by atoms with Crippen molar-refractivity contribution in [2.75, 3.05) is 13.6 Å². The lowest BCUT2D eigenvalue weighted by Crippen LogP contribution is -2.20. The highest BCUT2D eigenvalue weighted by Crippen LogP contribution is 2.18. The van der Waals surface area contributed by atoms with Crippen molar-refractivity contribution in [1.82, 2.24) is 20.1 Å². The van der Waals surface area contributed by atoms with Crippen molar-refractivity contribution in [2.45, 2.75) is 12.3 Å². The number of hydrogen-bond donors (Lipinski definition) is 1. The average molecular weight is 230 g/mol. The fraction of sp³-hybridized carbons (Fsp3) is 0.385. The van der Waals surface area contributed by atoms with E-state index in [9.17, 15) is 0 Å². The molecule has 1 heterocycles. The summed E-state index contributed by atoms with van der Waals surface area (Å²) in [4.78, 5) is 4.29. The first kappa shape index (κ1) is 11.8. The molecule has 0 aliphatic carbocycles. The van der Waals surface area contributed by atoms with Gasteiger partial charge in [-0.3, -0.25) is 4.68 Å². The quantitative estimate of drug-likeness (QED) is 0.843. The minimum atomic E-state index is 0.434. The number of aromatic nitrogens is 3. The molecule has 4 nitrogen and oxygen atoms in total. The van der Waals surface area contributed by atoms with E-state index in [-0.39, 0.29) is 0 Å². The largest absolute Gasteiger partial charge is 0.319 e. The second-order valence-corrected chi connectivity index (χ2v) is 4.17. The number of rotatable bonds is 5. The van der Waals surface area contributed by atoms with Crippen molar-refractivity contribution in [2.24, 2.45) is 7.05 Å². The number of likely N-dealkylation sites (N-methyl/N-ethyl adjacent to an activating group) is 1. The van der Waals surface area contributed by atoms with Gasteiger partial charge >= 0.3 is 0 Å². The summed E-state index contributed by atoms with van der Waals surface area (Å²) in [6.07, 6.45) is 2.51. The summed E-state index contributed by atoms with van der Waals surface area (Å²) in [6.45, 7) is 0.941. The number of hydrogen-bond acceptors (Lipinski definition) is 3. The van der Waals surface area contributed by atoms with Crippen LogP contribution in [0.4, 0.5) is 0 Å². The van der Waals surface area contributed by atoms with Gasteiger partial charge in [0.25, 0.3) is 0 Å². The first-order valence-corrected chi connectivity index (χ1v) is 5.83. The lowest BCUT2D eigenvalue weighted by molar-refractivity contribution is 0.583. The molecule has 1 unspecified atom stereocenters. The minimum absolute atomic E-state index is 0.434. The molecule has 1 atom stereocenters. The summed E-state index contributed by atoms with van der Waals surface area (Å²) in [5.74, 6) is 1.46. The number of nitrogens with one attached hydrogen (secondary N) is 1. The topological polar surface area (TPSA) is 42.7 Å². The Morgan fingerprint density at radius 1 is 1.29 bits per heavy atom. The molecule has 0 bridgehead atoms. The van der Waals surface area contributed by atoms with Gasteiger partial charge in [-0.05, 0) is 12.6 Å². The van der Waals surface area contributed by atoms with Crippen molar-refractivity contribution in [3.63, 3.8) is 0 Å². The molecule has 2 aromatic rings. The van der Waals surface area contributed by atoms with Crippen LogP contribution < -0.4 is 5.32 Å². The summed E-state index contributed by atoms with van der Waals surface area (Å²) in [5.41, 5.74) is 1.34. The third-order valence-corrected chi connectivity index (χ3v) is 2.96. The summed E-state index contributed by atoms with van der Waals surface area (Å²) < 4.78 is 1.84. The fourth-order valence-electron chi connectivity index (χ4n) is 2.00. The Balaban J connectivity index is 2.16. The molecule has 4 heteroatoms. The third-order valence-electron chi connectivity index (χ3n) is 2.96. The van der Waals surface area contributed by atoms with E-state index in [1.807, 2.05) is 24.8 Å². The first-order chi connectivity index (χ1) is 8.31. The molecule has 0 saturated heterocycles. The second kappa shape index (κ2) is 5.59. The van der Waals surface area contributed by atoms with Gasteiger partial charge in [-0.1, -0.05) is 30.3 Å². The van der Waals surface area contributed by atoms with Crippen LogP contribution in [0.2, 0.25) is 0 Å². The average Bonchev–Trinajstić information content (AvgIpc) is 2.76. The van der Waals surface area contributed by atoms with Gasteiger partial charge in [0, 0.05) is 25.9 Å². The van der Waals surface area contributed by atoms with Crippen molar-refractivity contribution in [3.05, 3.63) is 48.0 Å². The first-order valence-electron chi connectivity index (χ1n) is 5.83. The Morgan fingerprint density at radius 2 is 2.06 bits per heavy atom. The monoisotopic (exact) mass is 230 g/mol. The molecular weight excluding hydrogens is 212 g/mol. The van der Waals surface area contributed by atoms with Crippen molar-refractivity contribution >= 4 is 0 Å². The lowest BCUT2D eigenvalue weighted by atomic mass is 9.95. The molecule has 2 rings (SSSR count). The van der Waals surface area contributed by atoms with Gasteiger partial charge in [0.2, 0.25) is 0 Å². The van der Waals surface area contributed by atoms with E-state index >= 15 is 0 Å². The Bertz CT molecular complexity index is 449. The van der Waals surface area contributed by atoms with Gasteiger partial charge in [-0.15, -0.1) is 0 Å². The summed E-state index contributed by atoms with van der Waals surface area (Å²) in [6, 6.07) is 10.5. The smallest absolute Gasteiger partial charge is 0.138 e. The van der Waals surface area contributed by atoms with E-state index in [1.54, 1.807) is 6.33 Å². The van der Waals surface area contributed by atoms with Crippen LogP contribution in [-0.4, -0.2) is 28.4 Å². The summed E-state index contributed by atoms with van der Waals surface area (Å²) in [5, 5.41) is 7.35. The van der Waals surface area contributed by atoms with Gasteiger partial charge in [0.05, 0.1) is 0 Å². The molecule has 0 saturated carbocycles. The molecule has 17 heavy (non-hydrogen) atoms. The summed E-state index contributed by atoms with van der Waals surface area (Å²) in [7, 11) is 3.91. The SMILES string of the molecule is CNCC(Cc1ncnn1C)c1ccccc1. The standard InChI is InChI=1S/C13H18N4/c1-14-9-12(11-6-4-3-5-7-11)8-13-15-10-16-17(13)2/h3-7,10,12,14H,8-9H2,1-2H3. The van der Waals surface area contributed by atoms with Crippen molar-refractivity contribution in [3.8, 4) is 0 Å². The highest BCUT2D eigenvalue weighted by Gasteiger charge is 2.14. The van der Waals surface area contributed by atoms with Crippen LogP contribution in [0.25, 0.3) is 0 Å². The van der Waals surface area contributed by atoms with Gasteiger partial charge in [0.15, 0.2) is 0 Å². The fourth-order valence-corrected chi connectivity index (χ4v) is 2.00. The molecule has 0 radical (unpaired) electrons. The Labute approximate surface area is 102 Å². The van der Waals surface area contributed by atoms with Crippen molar-refractivity contribution in [1.29, 1.82) is 0 Å². The van der Waals surface area contributed by atoms with Gasteiger partial charge in [-0.2, -0.15) is 5.10 Å². The van der Waals surface area contributed by atoms with Crippen LogP contribution >= 0.6 is 0 Å². The molecule has 0 aliphatic rings. The predicted molar refractivity (Wildman–Crippen MR) is 67.8 cm³/mol. The van der Waals surface area contributed by atoms with Gasteiger partial charge in [-0.25, -0.2) is 4.98 Å². The van der Waals surface area contributed by atoms with Crippen molar-refractivity contribution < 1.29 is 0 Å². The molecule has 90 valence electrons. The summed E-state index contributed by atoms with van der Waals surface area (Å²) >= 11 is 0. The number of benzene rings is 1. The molecule has 1 aromatic carbocycles. The lowest BCUT2D eigenvalue weighted by Gasteiger charge is -2.16. The molecule has 1 aromatic heterocycles. The van der Waals surface area contributed by atoms with E-state index in [4.69, 9.17) is 0 Å². The number of aryl methyl sites for hydroxylation is 1. The van der Waals surface area contributed by atoms with Crippen LogP contribution in [0.5, 0.6) is 0 Å². The maximum absolute atomic E-state index is 4.29. The molecule has 0 spiro atoms. The van der Waals surface area contributed by atoms with E-state index in [1.165, 1.54) is 5.56 Å². The molecule has 0 aliphatic heterocycles. The van der Waals surface area contributed by atoms with E-state index in [2.05, 4.69) is 39.7 Å². The predicted octanol–water partition coefficient (Wildman–Crippen LogP) is 1.36. The molecule has 0 fully saturated rings. The number of nitrogens with zero attached hydrogens (tertiary/aromatic N) is 3. The molecule has 0 amide bonds. The van der Waals surface area contributed by atoms with E-state index in [0.29, 0.717) is 5.92 Å². The van der Waals surface area contributed by atoms with Crippen LogP contribution in [-0.2, 0) is 13.5 Å². The Hall–Kier alpha value is -1.68. The third kappa shape index (κ3) is 2.91. The van der Waals surface area contributed by atoms with Crippen LogP contribution in [0.1, 0.15) is 17.3 Å². The maximum atomic E-state index is 4.29. The second-order valence-electron chi connectivity index (χ2n) is 4.17. The Morgan fingerprint density at radius 3 is 2.65 bits per heavy atom. The highest BCUT2D eigenvalue weighted by atomic mass is 15.3. The van der Waals surface area contributed by atoms with Gasteiger partial charge < -0.3 is 5.32 Å². The zero-order valence-electron chi connectivity index (χ0n) is 10.3. The molecular formula is C13H18N4. The van der Waals surface area contributed by atoms with Crippen LogP contribution in [0.3, 0.4) is 0 Å². The normalized spacial score (nSPS) is 12.6. The van der Waals surface area contributed by atoms with E-state index in [0.717, 1.165) is 18.8 Å². The zero-order chi connectivity index (χ0) is 12.1. The maximum Gasteiger partial charge on any atom is 0.138 e. The Kier molecular flexibility index (Phi) is 3.88. The molecule has 1 N–H and O–H groups in total. The van der Waals surface area contributed by atoms with Gasteiger partial charge in [0.1, 0.15) is 12.2 Å². The highest BCUT2D eigenvalue weighted by molar-refractivity contribution is 5.21. The van der Waals surface area contributed by atoms with Crippen LogP contribution in [0, 0.1) is 0 Å².